The van der Waals surface area contributed by atoms with Gasteiger partial charge in [0.05, 0.1) is 11.6 Å². The Labute approximate surface area is 177 Å². The van der Waals surface area contributed by atoms with E-state index in [0.717, 1.165) is 44.8 Å². The van der Waals surface area contributed by atoms with Gasteiger partial charge in [0.25, 0.3) is 0 Å². The van der Waals surface area contributed by atoms with Crippen LogP contribution in [0.3, 0.4) is 0 Å². The Kier molecular flexibility index (Phi) is 12.6. The molecule has 0 spiro atoms. The van der Waals surface area contributed by atoms with E-state index in [1.54, 1.807) is 11.3 Å². The van der Waals surface area contributed by atoms with E-state index in [1.807, 2.05) is 46.8 Å². The number of nitrogens with one attached hydrogen (secondary N) is 1. The van der Waals surface area contributed by atoms with Crippen LogP contribution in [0.4, 0.5) is 5.69 Å². The summed E-state index contributed by atoms with van der Waals surface area (Å²) >= 11 is 1.71. The summed E-state index contributed by atoms with van der Waals surface area (Å²) in [5, 5.41) is 6.39. The smallest absolute Gasteiger partial charge is 0.241 e. The van der Waals surface area contributed by atoms with Gasteiger partial charge in [-0.15, -0.1) is 48.6 Å². The molecule has 1 N–H and O–H groups in total. The van der Waals surface area contributed by atoms with Gasteiger partial charge in [-0.05, 0) is 12.1 Å². The van der Waals surface area contributed by atoms with Crippen LogP contribution >= 0.6 is 48.6 Å². The summed E-state index contributed by atoms with van der Waals surface area (Å²) in [6.45, 7) is 4.91. The van der Waals surface area contributed by atoms with Crippen LogP contribution in [-0.4, -0.2) is 60.0 Å². The number of piperazine rings is 1. The Morgan fingerprint density at radius 1 is 1.08 bits per heavy atom. The maximum Gasteiger partial charge on any atom is 0.241 e. The van der Waals surface area contributed by atoms with E-state index >= 15 is 0 Å². The Balaban J connectivity index is 0.00000208. The van der Waals surface area contributed by atoms with Gasteiger partial charge in [0.15, 0.2) is 0 Å². The van der Waals surface area contributed by atoms with Crippen molar-refractivity contribution in [1.29, 1.82) is 0 Å². The largest absolute Gasteiger partial charge is 0.376 e. The Morgan fingerprint density at radius 3 is 2.38 bits per heavy atom. The van der Waals surface area contributed by atoms with Gasteiger partial charge >= 0.3 is 0 Å². The van der Waals surface area contributed by atoms with E-state index in [-0.39, 0.29) is 43.1 Å². The molecule has 0 bridgehead atoms. The number of carbonyl (C=O) groups is 1. The van der Waals surface area contributed by atoms with E-state index in [2.05, 4.69) is 15.2 Å². The number of amides is 1. The lowest BCUT2D eigenvalue weighted by atomic mass is 10.2. The molecule has 5 nitrogen and oxygen atoms in total. The Bertz CT molecular complexity index is 608. The molecule has 0 saturated carbocycles. The molecule has 1 saturated heterocycles. The number of anilines is 1. The van der Waals surface area contributed by atoms with Gasteiger partial charge in [-0.2, -0.15) is 0 Å². The molecule has 1 aliphatic rings. The highest BCUT2D eigenvalue weighted by atomic mass is 35.5. The van der Waals surface area contributed by atoms with Crippen molar-refractivity contribution in [3.63, 3.8) is 0 Å². The number of hydrogen-bond donors (Lipinski definition) is 1. The summed E-state index contributed by atoms with van der Waals surface area (Å²) in [4.78, 5) is 20.9. The highest BCUT2D eigenvalue weighted by Gasteiger charge is 2.20. The first-order chi connectivity index (χ1) is 11.3. The topological polar surface area (TPSA) is 48.5 Å². The fourth-order valence-corrected chi connectivity index (χ4v) is 3.31. The molecular formula is C17H25Cl3N4OS. The summed E-state index contributed by atoms with van der Waals surface area (Å²) in [5.74, 6) is 0.174. The molecule has 146 valence electrons. The standard InChI is InChI=1S/C17H22N4OS.3ClH/c22-17(14-19-15-4-2-1-3-5-15)21-11-9-20(10-12-21)8-6-16-18-7-13-23-16;;;/h1-5,7,13,19H,6,8-12,14H2;3*1H. The zero-order valence-electron chi connectivity index (χ0n) is 14.4. The van der Waals surface area contributed by atoms with E-state index in [0.29, 0.717) is 6.54 Å². The Hall–Kier alpha value is -1.05. The van der Waals surface area contributed by atoms with Crippen LogP contribution in [0.25, 0.3) is 0 Å². The summed E-state index contributed by atoms with van der Waals surface area (Å²) in [7, 11) is 0. The van der Waals surface area contributed by atoms with Crippen molar-refractivity contribution in [2.24, 2.45) is 0 Å². The molecule has 1 aromatic heterocycles. The number of hydrogen-bond acceptors (Lipinski definition) is 5. The third kappa shape index (κ3) is 7.68. The van der Waals surface area contributed by atoms with Crippen molar-refractivity contribution >= 4 is 60.2 Å². The number of carbonyl (C=O) groups excluding carboxylic acids is 1. The molecule has 0 atom stereocenters. The first-order valence-electron chi connectivity index (χ1n) is 7.99. The third-order valence-electron chi connectivity index (χ3n) is 4.07. The lowest BCUT2D eigenvalue weighted by Crippen LogP contribution is -2.50. The molecule has 1 amide bonds. The number of thiazole rings is 1. The maximum atomic E-state index is 12.3. The number of nitrogens with zero attached hydrogens (tertiary/aromatic N) is 3. The number of halogens is 3. The predicted octanol–water partition coefficient (Wildman–Crippen LogP) is 3.21. The summed E-state index contributed by atoms with van der Waals surface area (Å²) in [5.41, 5.74) is 0.989. The number of aromatic nitrogens is 1. The van der Waals surface area contributed by atoms with E-state index in [1.165, 1.54) is 5.01 Å². The van der Waals surface area contributed by atoms with Crippen LogP contribution in [0.2, 0.25) is 0 Å². The molecule has 26 heavy (non-hydrogen) atoms. The maximum absolute atomic E-state index is 12.3. The van der Waals surface area contributed by atoms with Crippen LogP contribution < -0.4 is 5.32 Å². The SMILES string of the molecule is Cl.Cl.Cl.O=C(CNc1ccccc1)N1CCN(CCc2nccs2)CC1. The molecule has 9 heteroatoms. The van der Waals surface area contributed by atoms with E-state index < -0.39 is 0 Å². The van der Waals surface area contributed by atoms with Crippen molar-refractivity contribution in [1.82, 2.24) is 14.8 Å². The normalized spacial score (nSPS) is 13.8. The fourth-order valence-electron chi connectivity index (χ4n) is 2.70. The van der Waals surface area contributed by atoms with Crippen LogP contribution in [0.15, 0.2) is 41.9 Å². The van der Waals surface area contributed by atoms with Gasteiger partial charge in [-0.25, -0.2) is 4.98 Å². The molecule has 1 aliphatic heterocycles. The molecule has 2 heterocycles. The quantitative estimate of drug-likeness (QED) is 0.751. The zero-order valence-corrected chi connectivity index (χ0v) is 17.6. The summed E-state index contributed by atoms with van der Waals surface area (Å²) in [6, 6.07) is 9.85. The van der Waals surface area contributed by atoms with Crippen molar-refractivity contribution in [2.75, 3.05) is 44.6 Å². The summed E-state index contributed by atoms with van der Waals surface area (Å²) < 4.78 is 0. The molecule has 1 aromatic carbocycles. The van der Waals surface area contributed by atoms with Gasteiger partial charge in [0.2, 0.25) is 5.91 Å². The molecule has 0 radical (unpaired) electrons. The minimum atomic E-state index is 0. The van der Waals surface area contributed by atoms with Crippen molar-refractivity contribution in [2.45, 2.75) is 6.42 Å². The molecule has 3 rings (SSSR count). The highest BCUT2D eigenvalue weighted by molar-refractivity contribution is 7.09. The number of benzene rings is 1. The fraction of sp³-hybridized carbons (Fsp3) is 0.412. The minimum absolute atomic E-state index is 0. The lowest BCUT2D eigenvalue weighted by Gasteiger charge is -2.34. The van der Waals surface area contributed by atoms with Crippen molar-refractivity contribution in [3.8, 4) is 0 Å². The predicted molar refractivity (Wildman–Crippen MR) is 116 cm³/mol. The van der Waals surface area contributed by atoms with Crippen molar-refractivity contribution in [3.05, 3.63) is 46.9 Å². The third-order valence-corrected chi connectivity index (χ3v) is 4.91. The second-order valence-corrected chi connectivity index (χ2v) is 6.60. The van der Waals surface area contributed by atoms with E-state index in [4.69, 9.17) is 0 Å². The first kappa shape index (κ1) is 24.9. The Morgan fingerprint density at radius 2 is 1.77 bits per heavy atom. The minimum Gasteiger partial charge on any atom is -0.376 e. The van der Waals surface area contributed by atoms with Crippen LogP contribution in [0.1, 0.15) is 5.01 Å². The number of rotatable bonds is 6. The molecule has 1 fully saturated rings. The summed E-state index contributed by atoms with van der Waals surface area (Å²) in [6.07, 6.45) is 2.86. The average Bonchev–Trinajstić information content (AvgIpc) is 3.13. The molecule has 2 aromatic rings. The second kappa shape index (κ2) is 13.2. The van der Waals surface area contributed by atoms with Gasteiger partial charge in [-0.3, -0.25) is 9.69 Å². The van der Waals surface area contributed by atoms with E-state index in [9.17, 15) is 4.79 Å². The van der Waals surface area contributed by atoms with Gasteiger partial charge in [0.1, 0.15) is 0 Å². The molecule has 0 unspecified atom stereocenters. The zero-order chi connectivity index (χ0) is 15.9. The van der Waals surface area contributed by atoms with Gasteiger partial charge < -0.3 is 10.2 Å². The highest BCUT2D eigenvalue weighted by Crippen LogP contribution is 2.09. The number of para-hydroxylation sites is 1. The average molecular weight is 440 g/mol. The monoisotopic (exact) mass is 438 g/mol. The van der Waals surface area contributed by atoms with Crippen molar-refractivity contribution < 1.29 is 4.79 Å². The van der Waals surface area contributed by atoms with Gasteiger partial charge in [0, 0.05) is 56.4 Å². The molecular weight excluding hydrogens is 415 g/mol. The van der Waals surface area contributed by atoms with Gasteiger partial charge in [-0.1, -0.05) is 18.2 Å². The lowest BCUT2D eigenvalue weighted by molar-refractivity contribution is -0.131. The van der Waals surface area contributed by atoms with Crippen LogP contribution in [0.5, 0.6) is 0 Å². The van der Waals surface area contributed by atoms with Crippen LogP contribution in [0, 0.1) is 0 Å². The second-order valence-electron chi connectivity index (χ2n) is 5.62. The molecule has 0 aliphatic carbocycles. The first-order valence-corrected chi connectivity index (χ1v) is 8.86. The van der Waals surface area contributed by atoms with Crippen LogP contribution in [-0.2, 0) is 11.2 Å².